The molecule has 2 atom stereocenters. The van der Waals surface area contributed by atoms with Crippen molar-refractivity contribution >= 4 is 7.82 Å². The van der Waals surface area contributed by atoms with Crippen LogP contribution in [0, 0.1) is 0 Å². The van der Waals surface area contributed by atoms with Gasteiger partial charge in [-0.3, -0.25) is 4.57 Å². The van der Waals surface area contributed by atoms with Gasteiger partial charge < -0.3 is 33.4 Å². The van der Waals surface area contributed by atoms with Crippen molar-refractivity contribution in [2.45, 2.75) is 135 Å². The van der Waals surface area contributed by atoms with E-state index in [0.717, 1.165) is 25.7 Å². The lowest BCUT2D eigenvalue weighted by Gasteiger charge is -2.27. The van der Waals surface area contributed by atoms with Crippen LogP contribution in [0.15, 0.2) is 0 Å². The molecule has 0 radical (unpaired) electrons. The molecule has 8 nitrogen and oxygen atoms in total. The monoisotopic (exact) mass is 581 g/mol. The van der Waals surface area contributed by atoms with Crippen molar-refractivity contribution in [2.75, 3.05) is 60.7 Å². The molecule has 0 aromatic heterocycles. The summed E-state index contributed by atoms with van der Waals surface area (Å²) in [5, 5.41) is 17.9. The number of aliphatic hydroxyl groups is 2. The number of nitrogens with zero attached hydrogens (tertiary/aromatic N) is 1. The van der Waals surface area contributed by atoms with Gasteiger partial charge in [-0.15, -0.1) is 0 Å². The number of ether oxygens (including phenoxy) is 1. The molecule has 2 N–H and O–H groups in total. The average Bonchev–Trinajstić information content (AvgIpc) is 2.87. The Hall–Kier alpha value is -0.0500. The Labute approximate surface area is 241 Å². The normalized spacial score (nSPS) is 14.5. The summed E-state index contributed by atoms with van der Waals surface area (Å²) in [4.78, 5) is 11.7. The number of hydrogen-bond acceptors (Lipinski definition) is 7. The van der Waals surface area contributed by atoms with Gasteiger partial charge in [0.2, 0.25) is 0 Å². The zero-order chi connectivity index (χ0) is 29.1. The molecule has 0 amide bonds. The van der Waals surface area contributed by atoms with Crippen LogP contribution in [0.4, 0.5) is 0 Å². The van der Waals surface area contributed by atoms with E-state index in [0.29, 0.717) is 17.6 Å². The zero-order valence-electron chi connectivity index (χ0n) is 25.8. The van der Waals surface area contributed by atoms with Gasteiger partial charge in [0.15, 0.2) is 0 Å². The summed E-state index contributed by atoms with van der Waals surface area (Å²) in [5.41, 5.74) is 0. The Balaban J connectivity index is 3.20. The summed E-state index contributed by atoms with van der Waals surface area (Å²) in [6, 6.07) is 0. The van der Waals surface area contributed by atoms with E-state index in [2.05, 4.69) is 0 Å². The maximum absolute atomic E-state index is 11.7. The molecule has 0 aromatic rings. The Morgan fingerprint density at radius 1 is 0.615 bits per heavy atom. The molecular formula is C30H64NO7P. The molecule has 0 fully saturated rings. The molecule has 39 heavy (non-hydrogen) atoms. The van der Waals surface area contributed by atoms with E-state index < -0.39 is 13.9 Å². The Morgan fingerprint density at radius 2 is 0.949 bits per heavy atom. The van der Waals surface area contributed by atoms with Crippen LogP contribution in [0.2, 0.25) is 0 Å². The minimum Gasteiger partial charge on any atom is -0.756 e. The fraction of sp³-hybridized carbons (Fsp3) is 1.00. The quantitative estimate of drug-likeness (QED) is 0.0557. The molecule has 0 bridgehead atoms. The zero-order valence-corrected chi connectivity index (χ0v) is 26.7. The molecule has 236 valence electrons. The van der Waals surface area contributed by atoms with Crippen molar-refractivity contribution in [2.24, 2.45) is 0 Å². The van der Waals surface area contributed by atoms with Crippen LogP contribution in [-0.4, -0.2) is 81.5 Å². The van der Waals surface area contributed by atoms with E-state index in [4.69, 9.17) is 18.9 Å². The van der Waals surface area contributed by atoms with Crippen molar-refractivity contribution in [3.63, 3.8) is 0 Å². The highest BCUT2D eigenvalue weighted by molar-refractivity contribution is 7.45. The van der Waals surface area contributed by atoms with Gasteiger partial charge in [-0.1, -0.05) is 116 Å². The van der Waals surface area contributed by atoms with Crippen LogP contribution in [0.1, 0.15) is 128 Å². The summed E-state index contributed by atoms with van der Waals surface area (Å²) >= 11 is 0. The molecule has 0 aromatic carbocycles. The second-order valence-corrected chi connectivity index (χ2v) is 13.5. The van der Waals surface area contributed by atoms with E-state index in [-0.39, 0.29) is 26.4 Å². The van der Waals surface area contributed by atoms with Gasteiger partial charge in [-0.2, -0.15) is 0 Å². The minimum absolute atomic E-state index is 0.159. The van der Waals surface area contributed by atoms with E-state index in [9.17, 15) is 14.6 Å². The highest BCUT2D eigenvalue weighted by atomic mass is 31.2. The van der Waals surface area contributed by atoms with Gasteiger partial charge >= 0.3 is 0 Å². The van der Waals surface area contributed by atoms with Crippen LogP contribution in [-0.2, 0) is 18.3 Å². The topological polar surface area (TPSA) is 108 Å². The van der Waals surface area contributed by atoms with E-state index >= 15 is 0 Å². The van der Waals surface area contributed by atoms with Crippen LogP contribution in [0.25, 0.3) is 0 Å². The van der Waals surface area contributed by atoms with Gasteiger partial charge in [-0.05, 0) is 12.8 Å². The van der Waals surface area contributed by atoms with Gasteiger partial charge in [0, 0.05) is 6.61 Å². The van der Waals surface area contributed by atoms with Crippen molar-refractivity contribution in [3.8, 4) is 0 Å². The first-order chi connectivity index (χ1) is 18.7. The van der Waals surface area contributed by atoms with Crippen molar-refractivity contribution in [3.05, 3.63) is 0 Å². The lowest BCUT2D eigenvalue weighted by molar-refractivity contribution is -0.870. The van der Waals surface area contributed by atoms with Crippen LogP contribution < -0.4 is 4.89 Å². The molecule has 0 aliphatic rings. The first-order valence-electron chi connectivity index (χ1n) is 15.9. The summed E-state index contributed by atoms with van der Waals surface area (Å²) in [6.07, 6.45) is 24.4. The smallest absolute Gasteiger partial charge is 0.268 e. The molecule has 0 spiro atoms. The Bertz CT molecular complexity index is 560. The maximum Gasteiger partial charge on any atom is 0.268 e. The number of quaternary nitrogens is 1. The van der Waals surface area contributed by atoms with Crippen molar-refractivity contribution in [1.29, 1.82) is 0 Å². The largest absolute Gasteiger partial charge is 0.756 e. The standard InChI is InChI=1S/C30H64NO7P/c1-31(2,3)24-27-38-39(34,35)37-26-23-21-19-17-15-13-11-9-7-5-4-6-8-10-12-14-16-18-20-22-25-36-29-30(33)28-32/h30,32-33H,4-29H2,1-3H3/t30-/m0/s1. The number of phosphoric ester groups is 1. The average molecular weight is 582 g/mol. The molecule has 0 saturated carbocycles. The molecular weight excluding hydrogens is 517 g/mol. The predicted octanol–water partition coefficient (Wildman–Crippen LogP) is 6.37. The summed E-state index contributed by atoms with van der Waals surface area (Å²) in [6.45, 7) is 1.70. The lowest BCUT2D eigenvalue weighted by Crippen LogP contribution is -2.37. The highest BCUT2D eigenvalue weighted by Gasteiger charge is 2.13. The van der Waals surface area contributed by atoms with Gasteiger partial charge in [0.25, 0.3) is 7.82 Å². The Morgan fingerprint density at radius 3 is 1.31 bits per heavy atom. The first kappa shape index (κ1) is 39.0. The number of aliphatic hydroxyl groups excluding tert-OH is 2. The fourth-order valence-electron chi connectivity index (χ4n) is 4.40. The van der Waals surface area contributed by atoms with E-state index in [1.807, 2.05) is 21.1 Å². The maximum atomic E-state index is 11.7. The number of rotatable bonds is 31. The number of likely N-dealkylation sites (N-methyl/N-ethyl adjacent to an activating group) is 1. The third-order valence-corrected chi connectivity index (χ3v) is 7.96. The molecule has 0 aliphatic carbocycles. The lowest BCUT2D eigenvalue weighted by atomic mass is 10.0. The molecule has 0 heterocycles. The van der Waals surface area contributed by atoms with Crippen molar-refractivity contribution in [1.82, 2.24) is 0 Å². The van der Waals surface area contributed by atoms with Crippen LogP contribution >= 0.6 is 7.82 Å². The van der Waals surface area contributed by atoms with Gasteiger partial charge in [0.1, 0.15) is 19.3 Å². The number of unbranched alkanes of at least 4 members (excludes halogenated alkanes) is 19. The summed E-state index contributed by atoms with van der Waals surface area (Å²) in [5.74, 6) is 0. The van der Waals surface area contributed by atoms with Gasteiger partial charge in [0.05, 0.1) is 41.0 Å². The van der Waals surface area contributed by atoms with Gasteiger partial charge in [-0.25, -0.2) is 0 Å². The fourth-order valence-corrected chi connectivity index (χ4v) is 5.13. The van der Waals surface area contributed by atoms with E-state index in [1.54, 1.807) is 0 Å². The number of hydrogen-bond donors (Lipinski definition) is 2. The third kappa shape index (κ3) is 32.3. The highest BCUT2D eigenvalue weighted by Crippen LogP contribution is 2.38. The second-order valence-electron chi connectivity index (χ2n) is 12.1. The summed E-state index contributed by atoms with van der Waals surface area (Å²) < 4.78 is 27.6. The molecule has 1 unspecified atom stereocenters. The molecule has 9 heteroatoms. The third-order valence-electron chi connectivity index (χ3n) is 6.96. The Kier molecular flexibility index (Phi) is 26.8. The molecule has 0 saturated heterocycles. The predicted molar refractivity (Wildman–Crippen MR) is 159 cm³/mol. The minimum atomic E-state index is -4.15. The second kappa shape index (κ2) is 26.8. The van der Waals surface area contributed by atoms with Crippen LogP contribution in [0.3, 0.4) is 0 Å². The molecule has 0 aliphatic heterocycles. The summed E-state index contributed by atoms with van der Waals surface area (Å²) in [7, 11) is 1.83. The van der Waals surface area contributed by atoms with Crippen LogP contribution in [0.5, 0.6) is 0 Å². The molecule has 0 rings (SSSR count). The SMILES string of the molecule is C[N+](C)(C)CCOP(=O)([O-])OCCCCCCCCCCCCCCCCCCCCCCOC[C@@H](O)CO. The van der Waals surface area contributed by atoms with Crippen molar-refractivity contribution < 1.29 is 37.9 Å². The first-order valence-corrected chi connectivity index (χ1v) is 17.4. The number of phosphoric acid groups is 1. The van der Waals surface area contributed by atoms with E-state index in [1.165, 1.54) is 103 Å².